The van der Waals surface area contributed by atoms with Crippen molar-refractivity contribution in [2.24, 2.45) is 10.9 Å². The van der Waals surface area contributed by atoms with Crippen molar-refractivity contribution in [3.63, 3.8) is 0 Å². The number of thiocarbonyl (C=S) groups is 1. The SMILES string of the molecule is Cc1cccc(N2CCN(C(=O)c3ccc(CN4C(=O)C5C=C6OCOC6=CC5=NC4=S)cc3)CC2C)c1. The maximum absolute atomic E-state index is 13.3. The average molecular weight is 529 g/mol. The molecule has 2 saturated heterocycles. The van der Waals surface area contributed by atoms with E-state index in [4.69, 9.17) is 21.7 Å². The lowest BCUT2D eigenvalue weighted by Gasteiger charge is -2.41. The Bertz CT molecular complexity index is 1410. The molecule has 2 atom stereocenters. The van der Waals surface area contributed by atoms with Crippen molar-refractivity contribution in [3.8, 4) is 0 Å². The Morgan fingerprint density at radius 3 is 2.66 bits per heavy atom. The predicted molar refractivity (Wildman–Crippen MR) is 148 cm³/mol. The number of fused-ring (bicyclic) bond motifs is 2. The van der Waals surface area contributed by atoms with Gasteiger partial charge >= 0.3 is 0 Å². The fourth-order valence-corrected chi connectivity index (χ4v) is 5.59. The molecule has 0 spiro atoms. The molecule has 9 heteroatoms. The molecule has 0 saturated carbocycles. The van der Waals surface area contributed by atoms with E-state index in [1.54, 1.807) is 12.2 Å². The molecule has 194 valence electrons. The summed E-state index contributed by atoms with van der Waals surface area (Å²) in [4.78, 5) is 36.8. The van der Waals surface area contributed by atoms with Crippen LogP contribution >= 0.6 is 12.2 Å². The predicted octanol–water partition coefficient (Wildman–Crippen LogP) is 3.82. The third kappa shape index (κ3) is 4.47. The normalized spacial score (nSPS) is 22.6. The number of ether oxygens (including phenoxy) is 2. The van der Waals surface area contributed by atoms with E-state index in [2.05, 4.69) is 48.0 Å². The molecule has 8 nitrogen and oxygen atoms in total. The number of hydrogen-bond donors (Lipinski definition) is 0. The second-order valence-electron chi connectivity index (χ2n) is 10.00. The summed E-state index contributed by atoms with van der Waals surface area (Å²) < 4.78 is 10.8. The molecule has 6 rings (SSSR count). The minimum Gasteiger partial charge on any atom is -0.454 e. The summed E-state index contributed by atoms with van der Waals surface area (Å²) in [6.45, 7) is 6.77. The number of anilines is 1. The number of aliphatic imine (C=N–C) groups is 1. The van der Waals surface area contributed by atoms with Crippen LogP contribution in [-0.2, 0) is 20.8 Å². The van der Waals surface area contributed by atoms with Gasteiger partial charge < -0.3 is 19.3 Å². The van der Waals surface area contributed by atoms with Crippen LogP contribution < -0.4 is 4.90 Å². The zero-order chi connectivity index (χ0) is 26.4. The second kappa shape index (κ2) is 9.72. The lowest BCUT2D eigenvalue weighted by atomic mass is 9.93. The molecule has 2 fully saturated rings. The number of benzene rings is 2. The first-order valence-electron chi connectivity index (χ1n) is 12.7. The van der Waals surface area contributed by atoms with E-state index in [0.717, 1.165) is 12.1 Å². The number of aryl methyl sites for hydroxylation is 1. The van der Waals surface area contributed by atoms with Gasteiger partial charge in [0, 0.05) is 43.0 Å². The smallest absolute Gasteiger partial charge is 0.253 e. The zero-order valence-electron chi connectivity index (χ0n) is 21.3. The fourth-order valence-electron chi connectivity index (χ4n) is 5.33. The monoisotopic (exact) mass is 528 g/mol. The molecule has 3 heterocycles. The van der Waals surface area contributed by atoms with Crippen LogP contribution in [0.25, 0.3) is 0 Å². The van der Waals surface area contributed by atoms with Gasteiger partial charge in [0.25, 0.3) is 5.91 Å². The number of rotatable bonds is 4. The van der Waals surface area contributed by atoms with Crippen molar-refractivity contribution in [1.82, 2.24) is 9.80 Å². The first-order chi connectivity index (χ1) is 18.4. The summed E-state index contributed by atoms with van der Waals surface area (Å²) in [5, 5.41) is 0.217. The highest BCUT2D eigenvalue weighted by molar-refractivity contribution is 7.80. The summed E-state index contributed by atoms with van der Waals surface area (Å²) in [5.41, 5.74) is 4.49. The minimum atomic E-state index is -0.552. The number of carbonyl (C=O) groups is 2. The number of amides is 2. The van der Waals surface area contributed by atoms with Gasteiger partial charge in [-0.05, 0) is 67.5 Å². The van der Waals surface area contributed by atoms with Crippen LogP contribution in [-0.4, -0.2) is 64.9 Å². The van der Waals surface area contributed by atoms with Gasteiger partial charge in [0.1, 0.15) is 5.92 Å². The Kier molecular flexibility index (Phi) is 6.23. The average Bonchev–Trinajstić information content (AvgIpc) is 3.37. The van der Waals surface area contributed by atoms with Crippen LogP contribution in [0.15, 0.2) is 77.2 Å². The molecule has 38 heavy (non-hydrogen) atoms. The first kappa shape index (κ1) is 24.4. The summed E-state index contributed by atoms with van der Waals surface area (Å²) in [5.74, 6) is 0.450. The summed E-state index contributed by atoms with van der Waals surface area (Å²) in [7, 11) is 0. The van der Waals surface area contributed by atoms with Gasteiger partial charge in [-0.1, -0.05) is 24.3 Å². The van der Waals surface area contributed by atoms with Crippen molar-refractivity contribution in [1.29, 1.82) is 0 Å². The van der Waals surface area contributed by atoms with Crippen LogP contribution in [0.5, 0.6) is 0 Å². The van der Waals surface area contributed by atoms with Crippen molar-refractivity contribution >= 4 is 40.5 Å². The lowest BCUT2D eigenvalue weighted by Crippen LogP contribution is -2.53. The number of nitrogens with zero attached hydrogens (tertiary/aromatic N) is 4. The molecule has 0 aromatic heterocycles. The molecule has 1 aliphatic carbocycles. The van der Waals surface area contributed by atoms with Gasteiger partial charge in [-0.3, -0.25) is 14.5 Å². The number of allylic oxidation sites excluding steroid dienone is 1. The van der Waals surface area contributed by atoms with Gasteiger partial charge in [0.05, 0.1) is 12.3 Å². The highest BCUT2D eigenvalue weighted by Crippen LogP contribution is 2.31. The zero-order valence-corrected chi connectivity index (χ0v) is 22.1. The summed E-state index contributed by atoms with van der Waals surface area (Å²) in [6, 6.07) is 16.1. The Morgan fingerprint density at radius 1 is 1.11 bits per heavy atom. The van der Waals surface area contributed by atoms with E-state index < -0.39 is 5.92 Å². The molecular formula is C29H28N4O4S. The maximum atomic E-state index is 13.3. The van der Waals surface area contributed by atoms with Gasteiger partial charge in [-0.15, -0.1) is 0 Å². The summed E-state index contributed by atoms with van der Waals surface area (Å²) in [6.07, 6.45) is 3.45. The van der Waals surface area contributed by atoms with Crippen LogP contribution in [0.4, 0.5) is 5.69 Å². The Morgan fingerprint density at radius 2 is 1.89 bits per heavy atom. The largest absolute Gasteiger partial charge is 0.454 e. The fraction of sp³-hybridized carbons (Fsp3) is 0.310. The van der Waals surface area contributed by atoms with Crippen molar-refractivity contribution in [2.75, 3.05) is 31.3 Å². The highest BCUT2D eigenvalue weighted by Gasteiger charge is 2.38. The molecule has 0 N–H and O–H groups in total. The van der Waals surface area contributed by atoms with Crippen molar-refractivity contribution in [2.45, 2.75) is 26.4 Å². The van der Waals surface area contributed by atoms with Gasteiger partial charge in [0.15, 0.2) is 11.5 Å². The number of piperazine rings is 1. The standard InChI is InChI=1S/C29H28N4O4S/c1-18-4-3-5-22(12-18)32-11-10-31(15-19(32)2)27(34)21-8-6-20(7-9-21)16-33-28(35)23-13-25-26(37-17-36-25)14-24(23)30-29(33)38/h3-9,12-14,19,23H,10-11,15-17H2,1-2H3. The second-order valence-corrected chi connectivity index (χ2v) is 10.4. The highest BCUT2D eigenvalue weighted by atomic mass is 32.1. The Balaban J connectivity index is 1.11. The quantitative estimate of drug-likeness (QED) is 0.562. The molecule has 2 unspecified atom stereocenters. The lowest BCUT2D eigenvalue weighted by molar-refractivity contribution is -0.129. The number of hydrogen-bond acceptors (Lipinski definition) is 6. The van der Waals surface area contributed by atoms with Crippen molar-refractivity contribution in [3.05, 3.63) is 88.9 Å². The third-order valence-corrected chi connectivity index (χ3v) is 7.68. The third-order valence-electron chi connectivity index (χ3n) is 7.36. The number of carbonyl (C=O) groups excluding carboxylic acids is 2. The molecule has 4 aliphatic rings. The van der Waals surface area contributed by atoms with E-state index in [1.807, 2.05) is 29.2 Å². The molecule has 3 aliphatic heterocycles. The van der Waals surface area contributed by atoms with E-state index in [0.29, 0.717) is 35.9 Å². The van der Waals surface area contributed by atoms with Crippen LogP contribution in [0.1, 0.15) is 28.4 Å². The first-order valence-corrected chi connectivity index (χ1v) is 13.1. The van der Waals surface area contributed by atoms with Crippen LogP contribution in [0.2, 0.25) is 0 Å². The van der Waals surface area contributed by atoms with Crippen LogP contribution in [0, 0.1) is 12.8 Å². The van der Waals surface area contributed by atoms with Gasteiger partial charge in [-0.2, -0.15) is 0 Å². The minimum absolute atomic E-state index is 0.0151. The topological polar surface area (TPSA) is 74.7 Å². The van der Waals surface area contributed by atoms with Crippen LogP contribution in [0.3, 0.4) is 0 Å². The maximum Gasteiger partial charge on any atom is 0.253 e. The van der Waals surface area contributed by atoms with E-state index in [9.17, 15) is 9.59 Å². The molecule has 2 aromatic rings. The Hall–Kier alpha value is -3.98. The van der Waals surface area contributed by atoms with Crippen molar-refractivity contribution < 1.29 is 19.1 Å². The van der Waals surface area contributed by atoms with E-state index in [1.165, 1.54) is 16.2 Å². The molecule has 0 bridgehead atoms. The summed E-state index contributed by atoms with van der Waals surface area (Å²) >= 11 is 5.44. The van der Waals surface area contributed by atoms with Gasteiger partial charge in [0.2, 0.25) is 17.8 Å². The molecule has 2 aromatic carbocycles. The molecule has 2 amide bonds. The van der Waals surface area contributed by atoms with Gasteiger partial charge in [-0.25, -0.2) is 4.99 Å². The molecular weight excluding hydrogens is 500 g/mol. The Labute approximate surface area is 226 Å². The van der Waals surface area contributed by atoms with E-state index in [-0.39, 0.29) is 36.3 Å². The molecule has 0 radical (unpaired) electrons. The van der Waals surface area contributed by atoms with E-state index >= 15 is 0 Å².